The average Bonchev–Trinajstić information content (AvgIpc) is 3.41. The van der Waals surface area contributed by atoms with E-state index in [0.717, 1.165) is 15.2 Å². The van der Waals surface area contributed by atoms with Crippen molar-refractivity contribution in [2.24, 2.45) is 0 Å². The molecule has 5 rings (SSSR count). The van der Waals surface area contributed by atoms with Crippen molar-refractivity contribution in [2.45, 2.75) is 20.8 Å². The van der Waals surface area contributed by atoms with Gasteiger partial charge in [0.05, 0.1) is 4.70 Å². The Bertz CT molecular complexity index is 1560. The smallest absolute Gasteiger partial charge is 0.194 e. The molecule has 4 aromatic rings. The highest BCUT2D eigenvalue weighted by Gasteiger charge is 2.32. The predicted octanol–water partition coefficient (Wildman–Crippen LogP) is 7.17. The molecule has 0 fully saturated rings. The van der Waals surface area contributed by atoms with Gasteiger partial charge in [-0.25, -0.2) is 0 Å². The van der Waals surface area contributed by atoms with Crippen LogP contribution in [0.5, 0.6) is 0 Å². The van der Waals surface area contributed by atoms with Crippen molar-refractivity contribution in [3.05, 3.63) is 93.3 Å². The minimum absolute atomic E-state index is 0.0828. The Morgan fingerprint density at radius 1 is 0.970 bits per heavy atom. The van der Waals surface area contributed by atoms with Crippen LogP contribution in [0.2, 0.25) is 0 Å². The van der Waals surface area contributed by atoms with Crippen molar-refractivity contribution in [2.75, 3.05) is 0 Å². The highest BCUT2D eigenvalue weighted by Crippen LogP contribution is 2.42. The molecule has 158 valence electrons. The van der Waals surface area contributed by atoms with Gasteiger partial charge < -0.3 is 4.42 Å². The Labute approximate surface area is 195 Å². The molecule has 0 bridgehead atoms. The van der Waals surface area contributed by atoms with E-state index in [4.69, 9.17) is 4.42 Å². The summed E-state index contributed by atoms with van der Waals surface area (Å²) in [6.45, 7) is 6.33. The lowest BCUT2D eigenvalue weighted by Crippen LogP contribution is -1.95. The molecule has 0 radical (unpaired) electrons. The first kappa shape index (κ1) is 20.7. The largest absolute Gasteiger partial charge is 0.456 e. The van der Waals surface area contributed by atoms with Gasteiger partial charge in [-0.3, -0.25) is 4.79 Å². The maximum absolute atomic E-state index is 13.1. The summed E-state index contributed by atoms with van der Waals surface area (Å²) in [5, 5.41) is 18.9. The summed E-state index contributed by atoms with van der Waals surface area (Å²) in [4.78, 5) is 14.2. The van der Waals surface area contributed by atoms with Gasteiger partial charge in [-0.2, -0.15) is 10.5 Å². The molecule has 0 amide bonds. The van der Waals surface area contributed by atoms with E-state index in [-0.39, 0.29) is 11.4 Å². The third kappa shape index (κ3) is 3.31. The molecule has 0 unspecified atom stereocenters. The number of rotatable bonds is 2. The van der Waals surface area contributed by atoms with Crippen LogP contribution in [0.4, 0.5) is 0 Å². The van der Waals surface area contributed by atoms with Crippen LogP contribution in [0, 0.1) is 43.4 Å². The molecule has 0 saturated heterocycles. The number of nitrogens with zero attached hydrogens (tertiary/aromatic N) is 2. The van der Waals surface area contributed by atoms with Crippen LogP contribution in [0.1, 0.15) is 38.4 Å². The number of hydrogen-bond acceptors (Lipinski definition) is 5. The molecule has 0 saturated carbocycles. The molecule has 1 aliphatic carbocycles. The van der Waals surface area contributed by atoms with Crippen molar-refractivity contribution >= 4 is 39.1 Å². The maximum Gasteiger partial charge on any atom is 0.194 e. The number of carbonyl (C=O) groups excluding carboxylic acids is 1. The molecular formula is C28H18N2O2S. The van der Waals surface area contributed by atoms with E-state index in [2.05, 4.69) is 32.9 Å². The monoisotopic (exact) mass is 446 g/mol. The van der Waals surface area contributed by atoms with E-state index in [1.807, 2.05) is 24.3 Å². The van der Waals surface area contributed by atoms with E-state index < -0.39 is 0 Å². The lowest BCUT2D eigenvalue weighted by Gasteiger charge is -2.09. The number of aryl methyl sites for hydroxylation is 3. The Morgan fingerprint density at radius 2 is 1.64 bits per heavy atom. The first-order valence-corrected chi connectivity index (χ1v) is 11.2. The van der Waals surface area contributed by atoms with Crippen LogP contribution < -0.4 is 0 Å². The number of thiophene rings is 1. The van der Waals surface area contributed by atoms with E-state index in [0.29, 0.717) is 28.0 Å². The van der Waals surface area contributed by atoms with Gasteiger partial charge in [0.1, 0.15) is 29.1 Å². The topological polar surface area (TPSA) is 77.8 Å². The molecule has 2 aromatic carbocycles. The molecule has 0 spiro atoms. The van der Waals surface area contributed by atoms with Crippen molar-refractivity contribution in [3.63, 3.8) is 0 Å². The van der Waals surface area contributed by atoms with Gasteiger partial charge in [0, 0.05) is 33.7 Å². The Hall–Kier alpha value is -4.19. The summed E-state index contributed by atoms with van der Waals surface area (Å²) < 4.78 is 7.05. The first-order chi connectivity index (χ1) is 15.9. The number of nitriles is 2. The molecule has 0 atom stereocenters. The molecule has 0 aliphatic heterocycles. The van der Waals surface area contributed by atoms with Crippen LogP contribution >= 0.6 is 11.3 Å². The molecule has 2 aromatic heterocycles. The van der Waals surface area contributed by atoms with Gasteiger partial charge >= 0.3 is 0 Å². The van der Waals surface area contributed by atoms with Gasteiger partial charge in [-0.1, -0.05) is 42.0 Å². The average molecular weight is 447 g/mol. The molecule has 0 N–H and O–H groups in total. The molecule has 1 aliphatic rings. The summed E-state index contributed by atoms with van der Waals surface area (Å²) in [6, 6.07) is 19.2. The first-order valence-electron chi connectivity index (χ1n) is 10.4. The van der Waals surface area contributed by atoms with E-state index in [9.17, 15) is 15.3 Å². The van der Waals surface area contributed by atoms with E-state index >= 15 is 0 Å². The highest BCUT2D eigenvalue weighted by atomic mass is 32.1. The summed E-state index contributed by atoms with van der Waals surface area (Å²) in [5.41, 5.74) is 7.34. The minimum atomic E-state index is -0.213. The van der Waals surface area contributed by atoms with Gasteiger partial charge in [0.15, 0.2) is 5.78 Å². The summed E-state index contributed by atoms with van der Waals surface area (Å²) in [6.07, 6.45) is 1.64. The van der Waals surface area contributed by atoms with Gasteiger partial charge in [-0.05, 0) is 49.1 Å². The molecule has 4 nitrogen and oxygen atoms in total. The van der Waals surface area contributed by atoms with Gasteiger partial charge in [-0.15, -0.1) is 11.3 Å². The van der Waals surface area contributed by atoms with Crippen molar-refractivity contribution in [1.29, 1.82) is 10.5 Å². The third-order valence-electron chi connectivity index (χ3n) is 5.86. The molecular weight excluding hydrogens is 428 g/mol. The minimum Gasteiger partial charge on any atom is -0.456 e. The second-order valence-electron chi connectivity index (χ2n) is 8.17. The number of furan rings is 1. The Balaban J connectivity index is 1.61. The van der Waals surface area contributed by atoms with Crippen LogP contribution in [0.25, 0.3) is 32.4 Å². The fourth-order valence-electron chi connectivity index (χ4n) is 4.61. The van der Waals surface area contributed by atoms with E-state index in [1.165, 1.54) is 22.3 Å². The quantitative estimate of drug-likeness (QED) is 0.242. The maximum atomic E-state index is 13.1. The zero-order valence-electron chi connectivity index (χ0n) is 18.3. The van der Waals surface area contributed by atoms with Gasteiger partial charge in [0.2, 0.25) is 0 Å². The van der Waals surface area contributed by atoms with Crippen molar-refractivity contribution in [3.8, 4) is 22.6 Å². The summed E-state index contributed by atoms with van der Waals surface area (Å²) in [5.74, 6) is 0.305. The fourth-order valence-corrected chi connectivity index (χ4v) is 5.81. The van der Waals surface area contributed by atoms with Crippen molar-refractivity contribution in [1.82, 2.24) is 0 Å². The second kappa shape index (κ2) is 7.74. The number of ketones is 1. The standard InChI is InChI=1S/C28H18N2O2S/c1-15-8-16(2)26(17(3)9-15)25-12-23-24(33-25)11-19(32-23)10-22-27(18(13-29)14-30)20-6-4-5-7-21(20)28(22)31/h4-12H,1-3H3/b22-10-. The number of benzene rings is 2. The molecule has 2 heterocycles. The Morgan fingerprint density at radius 3 is 2.27 bits per heavy atom. The highest BCUT2D eigenvalue weighted by molar-refractivity contribution is 7.22. The zero-order chi connectivity index (χ0) is 23.3. The second-order valence-corrected chi connectivity index (χ2v) is 9.25. The Kier molecular flexibility index (Phi) is 4.86. The SMILES string of the molecule is Cc1cc(C)c(-c2cc3oc(/C=C4\C(=O)c5ccccc5C4=C(C#N)C#N)cc3s2)c(C)c1. The number of Topliss-reactive ketones (excluding diaryl/α,β-unsaturated/α-hetero) is 1. The lowest BCUT2D eigenvalue weighted by atomic mass is 9.99. The molecule has 5 heteroatoms. The fraction of sp³-hybridized carbons (Fsp3) is 0.107. The third-order valence-corrected chi connectivity index (χ3v) is 6.95. The predicted molar refractivity (Wildman–Crippen MR) is 131 cm³/mol. The van der Waals surface area contributed by atoms with Crippen LogP contribution in [0.3, 0.4) is 0 Å². The number of allylic oxidation sites excluding steroid dienone is 3. The number of carbonyl (C=O) groups is 1. The van der Waals surface area contributed by atoms with Gasteiger partial charge in [0.25, 0.3) is 0 Å². The van der Waals surface area contributed by atoms with Crippen molar-refractivity contribution < 1.29 is 9.21 Å². The number of hydrogen-bond donors (Lipinski definition) is 0. The van der Waals surface area contributed by atoms with Crippen LogP contribution in [0.15, 0.2) is 64.1 Å². The normalized spacial score (nSPS) is 13.9. The van der Waals surface area contributed by atoms with Crippen LogP contribution in [-0.4, -0.2) is 5.78 Å². The summed E-state index contributed by atoms with van der Waals surface area (Å²) >= 11 is 1.64. The molecule has 33 heavy (non-hydrogen) atoms. The van der Waals surface area contributed by atoms with E-state index in [1.54, 1.807) is 41.7 Å². The lowest BCUT2D eigenvalue weighted by molar-refractivity contribution is 0.104. The van der Waals surface area contributed by atoms with Crippen LogP contribution in [-0.2, 0) is 0 Å². The zero-order valence-corrected chi connectivity index (χ0v) is 19.1. The number of fused-ring (bicyclic) bond motifs is 2. The summed E-state index contributed by atoms with van der Waals surface area (Å²) in [7, 11) is 0.